The smallest absolute Gasteiger partial charge is 0.288 e. The maximum atomic E-state index is 14.1. The molecule has 2 atom stereocenters. The third kappa shape index (κ3) is 5.95. The second-order valence-corrected chi connectivity index (χ2v) is 16.3. The average Bonchev–Trinajstić information content (AvgIpc) is 2.92. The third-order valence-corrected chi connectivity index (χ3v) is 13.2. The first-order chi connectivity index (χ1) is 17.6. The van der Waals surface area contributed by atoms with Crippen molar-refractivity contribution in [1.82, 2.24) is 0 Å². The second-order valence-electron chi connectivity index (χ2n) is 10.8. The molecule has 192 valence electrons. The predicted octanol–water partition coefficient (Wildman–Crippen LogP) is 5.34. The number of hydrogen-bond donors (Lipinski definition) is 0. The van der Waals surface area contributed by atoms with Crippen LogP contribution in [-0.4, -0.2) is 28.1 Å². The van der Waals surface area contributed by atoms with Gasteiger partial charge in [0.05, 0.1) is 16.2 Å². The van der Waals surface area contributed by atoms with Gasteiger partial charge in [-0.1, -0.05) is 130 Å². The number of benzene rings is 4. The molecule has 0 N–H and O–H groups in total. The van der Waals surface area contributed by atoms with Gasteiger partial charge in [0.15, 0.2) is 9.84 Å². The zero-order chi connectivity index (χ0) is 26.5. The Morgan fingerprint density at radius 3 is 1.35 bits per heavy atom. The summed E-state index contributed by atoms with van der Waals surface area (Å²) in [4.78, 5) is 0.339. The van der Waals surface area contributed by atoms with Crippen LogP contribution in [-0.2, 0) is 14.3 Å². The van der Waals surface area contributed by atoms with Crippen molar-refractivity contribution in [2.75, 3.05) is 0 Å². The van der Waals surface area contributed by atoms with Gasteiger partial charge >= 0.3 is 0 Å². The monoisotopic (exact) mass is 528 g/mol. The van der Waals surface area contributed by atoms with Gasteiger partial charge in [-0.3, -0.25) is 0 Å². The molecular weight excluding hydrogens is 493 g/mol. The minimum atomic E-state index is -3.66. The Bertz CT molecular complexity index is 1270. The molecule has 0 unspecified atom stereocenters. The van der Waals surface area contributed by atoms with E-state index < -0.39 is 29.5 Å². The minimum absolute atomic E-state index is 0.208. The van der Waals surface area contributed by atoms with Gasteiger partial charge in [0, 0.05) is 0 Å². The summed E-state index contributed by atoms with van der Waals surface area (Å²) >= 11 is 0. The molecule has 0 heterocycles. The SMILES string of the molecule is C[C@@H](O[Si](c1ccccc1)(c1ccccc1)c1ccccc1)[C@@H](CC(C)(C)C)S(=O)(=O)c1ccccc1. The van der Waals surface area contributed by atoms with Crippen LogP contribution in [0.4, 0.5) is 0 Å². The molecule has 0 saturated heterocycles. The van der Waals surface area contributed by atoms with Gasteiger partial charge in [-0.15, -0.1) is 0 Å². The highest BCUT2D eigenvalue weighted by Gasteiger charge is 2.46. The highest BCUT2D eigenvalue weighted by molar-refractivity contribution is 7.92. The van der Waals surface area contributed by atoms with Gasteiger partial charge in [0.1, 0.15) is 0 Å². The van der Waals surface area contributed by atoms with E-state index in [2.05, 4.69) is 57.2 Å². The van der Waals surface area contributed by atoms with Gasteiger partial charge in [-0.05, 0) is 46.5 Å². The molecule has 3 nitrogen and oxygen atoms in total. The van der Waals surface area contributed by atoms with Crippen molar-refractivity contribution in [3.8, 4) is 0 Å². The van der Waals surface area contributed by atoms with E-state index in [1.165, 1.54) is 0 Å². The first-order valence-corrected chi connectivity index (χ1v) is 16.2. The molecule has 0 aliphatic carbocycles. The summed E-state index contributed by atoms with van der Waals surface area (Å²) < 4.78 is 35.4. The molecule has 4 aromatic rings. The summed E-state index contributed by atoms with van der Waals surface area (Å²) in [7, 11) is -6.72. The fourth-order valence-electron chi connectivity index (χ4n) is 4.99. The zero-order valence-corrected chi connectivity index (χ0v) is 23.9. The van der Waals surface area contributed by atoms with E-state index in [0.717, 1.165) is 15.6 Å². The van der Waals surface area contributed by atoms with E-state index >= 15 is 0 Å². The lowest BCUT2D eigenvalue weighted by Gasteiger charge is -2.39. The number of hydrogen-bond acceptors (Lipinski definition) is 3. The summed E-state index contributed by atoms with van der Waals surface area (Å²) in [5.41, 5.74) is -0.208. The topological polar surface area (TPSA) is 43.4 Å². The Balaban J connectivity index is 1.91. The standard InChI is InChI=1S/C32H36O3SSi/c1-26(31(25-32(2,3)4)36(33,34)27-17-9-5-10-18-27)35-37(28-19-11-6-12-20-28,29-21-13-7-14-22-29)30-23-15-8-16-24-30/h5-24,26,31H,25H2,1-4H3/t26-,31-/m1/s1. The van der Waals surface area contributed by atoms with Crippen LogP contribution in [0, 0.1) is 5.41 Å². The zero-order valence-electron chi connectivity index (χ0n) is 22.0. The Morgan fingerprint density at radius 2 is 1.00 bits per heavy atom. The van der Waals surface area contributed by atoms with Crippen molar-refractivity contribution in [3.05, 3.63) is 121 Å². The third-order valence-electron chi connectivity index (χ3n) is 6.71. The molecule has 4 rings (SSSR count). The lowest BCUT2D eigenvalue weighted by Crippen LogP contribution is -2.71. The Kier molecular flexibility index (Phi) is 8.17. The molecule has 0 bridgehead atoms. The van der Waals surface area contributed by atoms with Crippen LogP contribution in [0.25, 0.3) is 0 Å². The van der Waals surface area contributed by atoms with Crippen LogP contribution in [0.5, 0.6) is 0 Å². The molecule has 0 spiro atoms. The van der Waals surface area contributed by atoms with Crippen molar-refractivity contribution < 1.29 is 12.8 Å². The van der Waals surface area contributed by atoms with E-state index in [9.17, 15) is 8.42 Å². The summed E-state index contributed by atoms with van der Waals surface area (Å²) in [6, 6.07) is 39.7. The van der Waals surface area contributed by atoms with Crippen molar-refractivity contribution in [2.24, 2.45) is 5.41 Å². The van der Waals surface area contributed by atoms with Gasteiger partial charge in [-0.25, -0.2) is 8.42 Å². The molecule has 0 aromatic heterocycles. The highest BCUT2D eigenvalue weighted by atomic mass is 32.2. The Labute approximate surface area is 223 Å². The molecule has 0 aliphatic heterocycles. The van der Waals surface area contributed by atoms with Crippen LogP contribution in [0.15, 0.2) is 126 Å². The molecule has 37 heavy (non-hydrogen) atoms. The van der Waals surface area contributed by atoms with Crippen LogP contribution in [0.3, 0.4) is 0 Å². The van der Waals surface area contributed by atoms with Crippen molar-refractivity contribution in [2.45, 2.75) is 50.4 Å². The number of rotatable bonds is 9. The summed E-state index contributed by atoms with van der Waals surface area (Å²) in [6.07, 6.45) is -0.0782. The quantitative estimate of drug-likeness (QED) is 0.218. The first kappa shape index (κ1) is 27.1. The van der Waals surface area contributed by atoms with E-state index in [1.54, 1.807) is 24.3 Å². The van der Waals surface area contributed by atoms with Gasteiger partial charge < -0.3 is 4.43 Å². The Morgan fingerprint density at radius 1 is 0.649 bits per heavy atom. The maximum Gasteiger partial charge on any atom is 0.288 e. The molecular formula is C32H36O3SSi. The summed E-state index contributed by atoms with van der Waals surface area (Å²) in [5, 5.41) is 2.56. The predicted molar refractivity (Wildman–Crippen MR) is 156 cm³/mol. The normalized spacial score (nSPS) is 14.2. The van der Waals surface area contributed by atoms with E-state index in [-0.39, 0.29) is 5.41 Å². The van der Waals surface area contributed by atoms with Crippen LogP contribution < -0.4 is 15.6 Å². The molecule has 0 radical (unpaired) electrons. The fraction of sp³-hybridized carbons (Fsp3) is 0.250. The van der Waals surface area contributed by atoms with E-state index in [0.29, 0.717) is 11.3 Å². The van der Waals surface area contributed by atoms with Crippen LogP contribution in [0.1, 0.15) is 34.1 Å². The molecule has 0 saturated carbocycles. The van der Waals surface area contributed by atoms with Crippen LogP contribution in [0.2, 0.25) is 0 Å². The fourth-order valence-corrected chi connectivity index (χ4v) is 11.4. The van der Waals surface area contributed by atoms with Crippen LogP contribution >= 0.6 is 0 Å². The molecule has 5 heteroatoms. The molecule has 0 aliphatic rings. The van der Waals surface area contributed by atoms with Gasteiger partial charge in [0.25, 0.3) is 8.32 Å². The second kappa shape index (κ2) is 11.2. The largest absolute Gasteiger partial charge is 0.400 e. The van der Waals surface area contributed by atoms with E-state index in [4.69, 9.17) is 4.43 Å². The summed E-state index contributed by atoms with van der Waals surface area (Å²) in [6.45, 7) is 8.20. The average molecular weight is 529 g/mol. The molecule has 0 amide bonds. The van der Waals surface area contributed by atoms with Crippen molar-refractivity contribution in [1.29, 1.82) is 0 Å². The summed E-state index contributed by atoms with van der Waals surface area (Å²) in [5.74, 6) is 0. The van der Waals surface area contributed by atoms with Crippen molar-refractivity contribution in [3.63, 3.8) is 0 Å². The Hall–Kier alpha value is -2.99. The lowest BCUT2D eigenvalue weighted by molar-refractivity contribution is 0.190. The first-order valence-electron chi connectivity index (χ1n) is 12.8. The number of sulfone groups is 1. The maximum absolute atomic E-state index is 14.1. The van der Waals surface area contributed by atoms with Crippen molar-refractivity contribution >= 4 is 33.7 Å². The molecule has 0 fully saturated rings. The van der Waals surface area contributed by atoms with E-state index in [1.807, 2.05) is 67.6 Å². The minimum Gasteiger partial charge on any atom is -0.400 e. The molecule has 4 aromatic carbocycles. The van der Waals surface area contributed by atoms with Gasteiger partial charge in [-0.2, -0.15) is 0 Å². The highest BCUT2D eigenvalue weighted by Crippen LogP contribution is 2.32. The van der Waals surface area contributed by atoms with Gasteiger partial charge in [0.2, 0.25) is 0 Å². The lowest BCUT2D eigenvalue weighted by atomic mass is 9.89.